The third-order valence-corrected chi connectivity index (χ3v) is 7.78. The molecule has 0 saturated carbocycles. The van der Waals surface area contributed by atoms with Crippen molar-refractivity contribution in [1.29, 1.82) is 0 Å². The highest BCUT2D eigenvalue weighted by Crippen LogP contribution is 2.35. The molecule has 0 unspecified atom stereocenters. The molecule has 0 radical (unpaired) electrons. The van der Waals surface area contributed by atoms with Crippen LogP contribution in [-0.4, -0.2) is 55.6 Å². The molecule has 0 aliphatic carbocycles. The zero-order valence-corrected chi connectivity index (χ0v) is 19.1. The summed E-state index contributed by atoms with van der Waals surface area (Å²) < 4.78 is 8.98. The number of nitrogens with zero attached hydrogens (tertiary/aromatic N) is 5. The third-order valence-electron chi connectivity index (χ3n) is 6.91. The number of likely N-dealkylation sites (tertiary alicyclic amines) is 1. The first-order valence-corrected chi connectivity index (χ1v) is 12.5. The fraction of sp³-hybridized carbons (Fsp3) is 0.478. The molecule has 3 aliphatic heterocycles. The van der Waals surface area contributed by atoms with Crippen molar-refractivity contribution in [3.63, 3.8) is 0 Å². The average Bonchev–Trinajstić information content (AvgIpc) is 3.31. The first kappa shape index (κ1) is 20.9. The first-order valence-electron chi connectivity index (χ1n) is 11.5. The number of ether oxygens (including phenoxy) is 1. The van der Waals surface area contributed by atoms with Gasteiger partial charge in [0.2, 0.25) is 0 Å². The summed E-state index contributed by atoms with van der Waals surface area (Å²) in [6.45, 7) is 4.18. The number of rotatable bonds is 5. The second kappa shape index (κ2) is 8.58. The molecule has 6 rings (SSSR count). The lowest BCUT2D eigenvalue weighted by Gasteiger charge is -2.36. The predicted octanol–water partition coefficient (Wildman–Crippen LogP) is 1.59. The molecule has 33 heavy (non-hydrogen) atoms. The molecule has 0 amide bonds. The molecule has 0 spiro atoms. The Kier molecular flexibility index (Phi) is 5.43. The van der Waals surface area contributed by atoms with E-state index in [1.54, 1.807) is 33.0 Å². The largest absolute Gasteiger partial charge is 0.480 e. The van der Waals surface area contributed by atoms with Crippen LogP contribution < -0.4 is 21.2 Å². The molecular weight excluding hydrogens is 440 g/mol. The van der Waals surface area contributed by atoms with Gasteiger partial charge in [-0.1, -0.05) is 11.8 Å². The van der Waals surface area contributed by atoms with Gasteiger partial charge in [0.1, 0.15) is 17.1 Å². The Hall–Kier alpha value is -2.69. The number of aromatic nitrogens is 4. The van der Waals surface area contributed by atoms with Crippen molar-refractivity contribution in [2.24, 2.45) is 0 Å². The first-order chi connectivity index (χ1) is 16.2. The Morgan fingerprint density at radius 2 is 1.94 bits per heavy atom. The predicted molar refractivity (Wildman–Crippen MR) is 126 cm³/mol. The molecule has 3 aromatic rings. The fourth-order valence-electron chi connectivity index (χ4n) is 5.16. The van der Waals surface area contributed by atoms with E-state index in [4.69, 9.17) is 4.74 Å². The molecule has 0 aromatic carbocycles. The van der Waals surface area contributed by atoms with E-state index in [9.17, 15) is 9.59 Å². The number of hydrogen-bond acceptors (Lipinski definition) is 8. The van der Waals surface area contributed by atoms with E-state index in [1.807, 2.05) is 6.20 Å². The number of aryl methyl sites for hydroxylation is 1. The second-order valence-electron chi connectivity index (χ2n) is 8.93. The maximum Gasteiger partial charge on any atom is 0.270 e. The number of pyridine rings is 2. The maximum absolute atomic E-state index is 12.7. The molecule has 1 saturated heterocycles. The number of nitrogens with one attached hydrogen (secondary N) is 1. The third kappa shape index (κ3) is 3.96. The van der Waals surface area contributed by atoms with E-state index in [0.29, 0.717) is 29.7 Å². The molecular formula is C23H26N6O3S. The highest BCUT2D eigenvalue weighted by molar-refractivity contribution is 7.99. The number of piperidine rings is 1. The van der Waals surface area contributed by atoms with Gasteiger partial charge in [0.05, 0.1) is 29.0 Å². The van der Waals surface area contributed by atoms with Crippen LogP contribution in [0.2, 0.25) is 0 Å². The highest BCUT2D eigenvalue weighted by atomic mass is 32.2. The summed E-state index contributed by atoms with van der Waals surface area (Å²) in [7, 11) is 0. The van der Waals surface area contributed by atoms with Crippen molar-refractivity contribution in [1.82, 2.24) is 29.3 Å². The quantitative estimate of drug-likeness (QED) is 0.606. The Labute approximate surface area is 194 Å². The molecule has 9 nitrogen and oxygen atoms in total. The Morgan fingerprint density at radius 1 is 1.06 bits per heavy atom. The van der Waals surface area contributed by atoms with Gasteiger partial charge in [-0.3, -0.25) is 23.7 Å². The van der Waals surface area contributed by atoms with Crippen molar-refractivity contribution in [2.45, 2.75) is 49.3 Å². The minimum Gasteiger partial charge on any atom is -0.480 e. The summed E-state index contributed by atoms with van der Waals surface area (Å²) in [6.07, 6.45) is 6.07. The molecule has 1 N–H and O–H groups in total. The van der Waals surface area contributed by atoms with Crippen LogP contribution in [0.1, 0.15) is 31.0 Å². The van der Waals surface area contributed by atoms with Gasteiger partial charge in [-0.2, -0.15) is 0 Å². The zero-order valence-electron chi connectivity index (χ0n) is 18.3. The zero-order chi connectivity index (χ0) is 22.4. The van der Waals surface area contributed by atoms with Crippen LogP contribution in [0.3, 0.4) is 0 Å². The molecule has 3 aromatic heterocycles. The van der Waals surface area contributed by atoms with Crippen LogP contribution >= 0.6 is 11.8 Å². The average molecular weight is 467 g/mol. The number of hydrogen-bond donors (Lipinski definition) is 1. The van der Waals surface area contributed by atoms with Crippen molar-refractivity contribution in [3.8, 4) is 5.75 Å². The van der Waals surface area contributed by atoms with E-state index in [-0.39, 0.29) is 17.2 Å². The fourth-order valence-corrected chi connectivity index (χ4v) is 5.94. The maximum atomic E-state index is 12.7. The smallest absolute Gasteiger partial charge is 0.270 e. The minimum absolute atomic E-state index is 0.0599. The lowest BCUT2D eigenvalue weighted by atomic mass is 10.0. The Bertz CT molecular complexity index is 1310. The van der Waals surface area contributed by atoms with Crippen LogP contribution in [0, 0.1) is 0 Å². The van der Waals surface area contributed by atoms with E-state index < -0.39 is 0 Å². The number of thioether (sulfide) groups is 1. The van der Waals surface area contributed by atoms with Crippen molar-refractivity contribution < 1.29 is 4.74 Å². The molecule has 172 valence electrons. The second-order valence-corrected chi connectivity index (χ2v) is 9.89. The van der Waals surface area contributed by atoms with E-state index in [1.165, 1.54) is 11.1 Å². The Balaban J connectivity index is 1.09. The van der Waals surface area contributed by atoms with Gasteiger partial charge in [0, 0.05) is 31.7 Å². The summed E-state index contributed by atoms with van der Waals surface area (Å²) in [4.78, 5) is 37.4. The van der Waals surface area contributed by atoms with Gasteiger partial charge in [-0.05, 0) is 44.5 Å². The van der Waals surface area contributed by atoms with Crippen LogP contribution in [-0.2, 0) is 13.1 Å². The molecule has 0 bridgehead atoms. The summed E-state index contributed by atoms with van der Waals surface area (Å²) in [5.74, 6) is 1.56. The van der Waals surface area contributed by atoms with E-state index in [0.717, 1.165) is 56.9 Å². The normalized spacial score (nSPS) is 20.7. The van der Waals surface area contributed by atoms with E-state index in [2.05, 4.69) is 26.3 Å². The monoisotopic (exact) mass is 466 g/mol. The summed E-state index contributed by atoms with van der Waals surface area (Å²) in [6, 6.07) is 5.92. The highest BCUT2D eigenvalue weighted by Gasteiger charge is 2.27. The topological polar surface area (TPSA) is 94.3 Å². The summed E-state index contributed by atoms with van der Waals surface area (Å²) >= 11 is 1.71. The van der Waals surface area contributed by atoms with Gasteiger partial charge in [0.15, 0.2) is 5.75 Å². The minimum atomic E-state index is -0.142. The summed E-state index contributed by atoms with van der Waals surface area (Å²) in [5, 5.41) is 3.66. The van der Waals surface area contributed by atoms with Crippen molar-refractivity contribution >= 4 is 22.9 Å². The molecule has 3 aliphatic rings. The summed E-state index contributed by atoms with van der Waals surface area (Å²) in [5.41, 5.74) is 2.21. The van der Waals surface area contributed by atoms with Gasteiger partial charge < -0.3 is 15.0 Å². The molecule has 1 fully saturated rings. The van der Waals surface area contributed by atoms with Gasteiger partial charge in [-0.25, -0.2) is 4.98 Å². The van der Waals surface area contributed by atoms with Gasteiger partial charge in [-0.15, -0.1) is 0 Å². The SMILES string of the molecule is O=c1cnc2ccc(=O)n3c2n1CC[C@H]3CN1CCC(NCc2cc3c(cn2)OCS3)CC1. The molecule has 10 heteroatoms. The van der Waals surface area contributed by atoms with E-state index >= 15 is 0 Å². The number of fused-ring (bicyclic) bond motifs is 1. The standard InChI is InChI=1S/C23H26N6O3S/c30-21-2-1-18-23-28(22(31)12-26-18)8-5-17(29(21)23)13-27-6-3-15(4-7-27)24-10-16-9-20-19(11-25-16)32-14-33-20/h1-2,9,11-12,15,17,24H,3-8,10,13-14H2/t17-/m0/s1. The Morgan fingerprint density at radius 3 is 2.82 bits per heavy atom. The van der Waals surface area contributed by atoms with Gasteiger partial charge in [0.25, 0.3) is 11.1 Å². The molecule has 6 heterocycles. The van der Waals surface area contributed by atoms with Crippen LogP contribution in [0.25, 0.3) is 11.2 Å². The van der Waals surface area contributed by atoms with Crippen molar-refractivity contribution in [2.75, 3.05) is 25.6 Å². The van der Waals surface area contributed by atoms with Crippen LogP contribution in [0.4, 0.5) is 0 Å². The van der Waals surface area contributed by atoms with Gasteiger partial charge >= 0.3 is 0 Å². The van der Waals surface area contributed by atoms with Crippen LogP contribution in [0.5, 0.6) is 5.75 Å². The molecule has 1 atom stereocenters. The van der Waals surface area contributed by atoms with Crippen molar-refractivity contribution in [3.05, 3.63) is 57.0 Å². The lowest BCUT2D eigenvalue weighted by Crippen LogP contribution is -2.46. The lowest BCUT2D eigenvalue weighted by molar-refractivity contribution is 0.163. The van der Waals surface area contributed by atoms with Crippen LogP contribution in [0.15, 0.2) is 45.1 Å².